The molecule has 0 unspecified atom stereocenters. The van der Waals surface area contributed by atoms with E-state index in [2.05, 4.69) is 28.0 Å². The van der Waals surface area contributed by atoms with E-state index >= 15 is 0 Å². The predicted molar refractivity (Wildman–Crippen MR) is 83.4 cm³/mol. The molecule has 1 heterocycles. The molecule has 1 aromatic carbocycles. The van der Waals surface area contributed by atoms with Gasteiger partial charge in [0.25, 0.3) is 0 Å². The molecule has 5 heteroatoms. The van der Waals surface area contributed by atoms with E-state index in [1.165, 1.54) is 10.4 Å². The first-order valence-electron chi connectivity index (χ1n) is 6.51. The van der Waals surface area contributed by atoms with Crippen LogP contribution in [0.4, 0.5) is 0 Å². The summed E-state index contributed by atoms with van der Waals surface area (Å²) in [7, 11) is 0. The first-order valence-corrected chi connectivity index (χ1v) is 7.39. The molecule has 0 aliphatic heterocycles. The van der Waals surface area contributed by atoms with E-state index in [1.54, 1.807) is 11.3 Å². The Labute approximate surface area is 122 Å². The van der Waals surface area contributed by atoms with Gasteiger partial charge in [-0.3, -0.25) is 0 Å². The molecule has 1 aromatic heterocycles. The van der Waals surface area contributed by atoms with Crippen LogP contribution in [0, 0.1) is 6.92 Å². The lowest BCUT2D eigenvalue weighted by atomic mass is 10.0. The maximum absolute atomic E-state index is 8.66. The molecular formula is C15H19N3OS. The first-order chi connectivity index (χ1) is 9.70. The minimum atomic E-state index is 0.144. The third kappa shape index (κ3) is 3.82. The number of hydrogen-bond donors (Lipinski definition) is 3. The van der Waals surface area contributed by atoms with Gasteiger partial charge in [0.15, 0.2) is 5.84 Å². The van der Waals surface area contributed by atoms with Gasteiger partial charge in [0, 0.05) is 23.5 Å². The summed E-state index contributed by atoms with van der Waals surface area (Å²) in [6.45, 7) is 3.82. The largest absolute Gasteiger partial charge is 0.409 e. The molecule has 106 valence electrons. The van der Waals surface area contributed by atoms with E-state index in [9.17, 15) is 0 Å². The zero-order chi connectivity index (χ0) is 14.4. The van der Waals surface area contributed by atoms with Gasteiger partial charge in [-0.15, -0.1) is 11.3 Å². The van der Waals surface area contributed by atoms with Gasteiger partial charge in [0.2, 0.25) is 0 Å². The van der Waals surface area contributed by atoms with Crippen LogP contribution in [0.2, 0.25) is 0 Å². The van der Waals surface area contributed by atoms with Crippen molar-refractivity contribution in [3.8, 4) is 0 Å². The van der Waals surface area contributed by atoms with Crippen LogP contribution in [0.15, 0.2) is 40.9 Å². The number of aryl methyl sites for hydroxylation is 1. The molecule has 0 fully saturated rings. The molecule has 4 nitrogen and oxygen atoms in total. The Hall–Kier alpha value is -1.85. The Morgan fingerprint density at radius 3 is 2.90 bits per heavy atom. The van der Waals surface area contributed by atoms with Crippen LogP contribution < -0.4 is 11.1 Å². The molecule has 0 radical (unpaired) electrons. The summed E-state index contributed by atoms with van der Waals surface area (Å²) in [5.74, 6) is 0.144. The van der Waals surface area contributed by atoms with E-state index in [0.29, 0.717) is 0 Å². The zero-order valence-electron chi connectivity index (χ0n) is 11.5. The van der Waals surface area contributed by atoms with Crippen LogP contribution >= 0.6 is 11.3 Å². The topological polar surface area (TPSA) is 70.6 Å². The van der Waals surface area contributed by atoms with Crippen LogP contribution in [0.5, 0.6) is 0 Å². The lowest BCUT2D eigenvalue weighted by molar-refractivity contribution is 0.318. The standard InChI is InChI=1S/C15H19N3OS/c1-11-9-12(15(16)18-19)4-5-13(11)10-17-7-6-14-3-2-8-20-14/h2-5,8-9,17,19H,6-7,10H2,1H3,(H2,16,18). The third-order valence-electron chi connectivity index (χ3n) is 3.19. The molecule has 2 aromatic rings. The fourth-order valence-electron chi connectivity index (χ4n) is 2.00. The third-order valence-corrected chi connectivity index (χ3v) is 4.13. The predicted octanol–water partition coefficient (Wildman–Crippen LogP) is 2.48. The summed E-state index contributed by atoms with van der Waals surface area (Å²) in [6.07, 6.45) is 1.05. The highest BCUT2D eigenvalue weighted by atomic mass is 32.1. The van der Waals surface area contributed by atoms with Gasteiger partial charge in [-0.1, -0.05) is 23.4 Å². The Morgan fingerprint density at radius 1 is 1.40 bits per heavy atom. The summed E-state index contributed by atoms with van der Waals surface area (Å²) >= 11 is 1.79. The monoisotopic (exact) mass is 289 g/mol. The molecule has 0 spiro atoms. The second kappa shape index (κ2) is 7.07. The van der Waals surface area contributed by atoms with Crippen LogP contribution in [-0.4, -0.2) is 17.6 Å². The molecule has 0 aliphatic rings. The maximum Gasteiger partial charge on any atom is 0.170 e. The average Bonchev–Trinajstić information content (AvgIpc) is 2.97. The number of thiophene rings is 1. The minimum absolute atomic E-state index is 0.144. The van der Waals surface area contributed by atoms with Crippen molar-refractivity contribution in [2.24, 2.45) is 10.9 Å². The van der Waals surface area contributed by atoms with Gasteiger partial charge >= 0.3 is 0 Å². The SMILES string of the molecule is Cc1cc(/C(N)=N/O)ccc1CNCCc1cccs1. The lowest BCUT2D eigenvalue weighted by Gasteiger charge is -2.09. The van der Waals surface area contributed by atoms with Gasteiger partial charge in [-0.25, -0.2) is 0 Å². The highest BCUT2D eigenvalue weighted by molar-refractivity contribution is 7.09. The molecule has 4 N–H and O–H groups in total. The van der Waals surface area contributed by atoms with Crippen molar-refractivity contribution >= 4 is 17.2 Å². The maximum atomic E-state index is 8.66. The van der Waals surface area contributed by atoms with Crippen molar-refractivity contribution < 1.29 is 5.21 Å². The number of amidine groups is 1. The number of nitrogens with two attached hydrogens (primary N) is 1. The minimum Gasteiger partial charge on any atom is -0.409 e. The summed E-state index contributed by atoms with van der Waals surface area (Å²) < 4.78 is 0. The van der Waals surface area contributed by atoms with Crippen molar-refractivity contribution in [2.45, 2.75) is 19.9 Å². The lowest BCUT2D eigenvalue weighted by Crippen LogP contribution is -2.18. The number of nitrogens with zero attached hydrogens (tertiary/aromatic N) is 1. The van der Waals surface area contributed by atoms with Crippen molar-refractivity contribution in [3.63, 3.8) is 0 Å². The molecule has 0 saturated carbocycles. The van der Waals surface area contributed by atoms with Crippen LogP contribution in [0.3, 0.4) is 0 Å². The van der Waals surface area contributed by atoms with Crippen molar-refractivity contribution in [3.05, 3.63) is 57.3 Å². The van der Waals surface area contributed by atoms with E-state index in [1.807, 2.05) is 25.1 Å². The van der Waals surface area contributed by atoms with E-state index in [-0.39, 0.29) is 5.84 Å². The Kier molecular flexibility index (Phi) is 5.15. The van der Waals surface area contributed by atoms with Crippen molar-refractivity contribution in [1.82, 2.24) is 5.32 Å². The number of nitrogens with one attached hydrogen (secondary N) is 1. The number of oxime groups is 1. The number of hydrogen-bond acceptors (Lipinski definition) is 4. The molecule has 20 heavy (non-hydrogen) atoms. The smallest absolute Gasteiger partial charge is 0.170 e. The molecule has 2 rings (SSSR count). The normalized spacial score (nSPS) is 11.8. The van der Waals surface area contributed by atoms with Gasteiger partial charge in [-0.2, -0.15) is 0 Å². The highest BCUT2D eigenvalue weighted by Gasteiger charge is 2.03. The fraction of sp³-hybridized carbons (Fsp3) is 0.267. The van der Waals surface area contributed by atoms with E-state index in [4.69, 9.17) is 10.9 Å². The van der Waals surface area contributed by atoms with Gasteiger partial charge < -0.3 is 16.3 Å². The molecule has 0 amide bonds. The number of benzene rings is 1. The number of rotatable bonds is 6. The van der Waals surface area contributed by atoms with Gasteiger partial charge in [0.05, 0.1) is 0 Å². The Balaban J connectivity index is 1.87. The second-order valence-corrected chi connectivity index (χ2v) is 5.66. The average molecular weight is 289 g/mol. The van der Waals surface area contributed by atoms with E-state index < -0.39 is 0 Å². The summed E-state index contributed by atoms with van der Waals surface area (Å²) in [6, 6.07) is 10.1. The second-order valence-electron chi connectivity index (χ2n) is 4.63. The molecule has 0 saturated heterocycles. The molecule has 0 atom stereocenters. The Bertz CT molecular complexity index is 579. The van der Waals surface area contributed by atoms with Crippen LogP contribution in [0.1, 0.15) is 21.6 Å². The summed E-state index contributed by atoms with van der Waals surface area (Å²) in [5.41, 5.74) is 8.68. The molecule has 0 aliphatic carbocycles. The zero-order valence-corrected chi connectivity index (χ0v) is 12.3. The van der Waals surface area contributed by atoms with Crippen molar-refractivity contribution in [1.29, 1.82) is 0 Å². The summed E-state index contributed by atoms with van der Waals surface area (Å²) in [5, 5.41) is 17.2. The van der Waals surface area contributed by atoms with Gasteiger partial charge in [0.1, 0.15) is 0 Å². The van der Waals surface area contributed by atoms with Crippen LogP contribution in [-0.2, 0) is 13.0 Å². The highest BCUT2D eigenvalue weighted by Crippen LogP contribution is 2.12. The quantitative estimate of drug-likeness (QED) is 0.251. The molecular weight excluding hydrogens is 270 g/mol. The van der Waals surface area contributed by atoms with Crippen molar-refractivity contribution in [2.75, 3.05) is 6.54 Å². The molecule has 0 bridgehead atoms. The van der Waals surface area contributed by atoms with Gasteiger partial charge in [-0.05, 0) is 42.0 Å². The first kappa shape index (κ1) is 14.6. The Morgan fingerprint density at radius 2 is 2.25 bits per heavy atom. The van der Waals surface area contributed by atoms with E-state index in [0.717, 1.165) is 30.6 Å². The van der Waals surface area contributed by atoms with Crippen LogP contribution in [0.25, 0.3) is 0 Å². The summed E-state index contributed by atoms with van der Waals surface area (Å²) in [4.78, 5) is 1.40. The fourth-order valence-corrected chi connectivity index (χ4v) is 2.71.